The number of aliphatic hydroxyl groups is 1. The molecule has 0 aromatic carbocycles. The zero-order chi connectivity index (χ0) is 14.3. The highest BCUT2D eigenvalue weighted by atomic mass is 16.3. The average Bonchev–Trinajstić information content (AvgIpc) is 2.36. The van der Waals surface area contributed by atoms with E-state index in [0.717, 1.165) is 32.2 Å². The summed E-state index contributed by atoms with van der Waals surface area (Å²) >= 11 is 0. The minimum atomic E-state index is 0.127. The number of carbonyl (C=O) groups excluding carboxylic acids is 1. The molecular formula is C15H30N2O2. The quantitative estimate of drug-likeness (QED) is 0.768. The maximum Gasteiger partial charge on any atom is 0.237 e. The fourth-order valence-corrected chi connectivity index (χ4v) is 2.98. The summed E-state index contributed by atoms with van der Waals surface area (Å²) in [4.78, 5) is 16.6. The summed E-state index contributed by atoms with van der Waals surface area (Å²) in [6.07, 6.45) is 5.66. The molecule has 0 radical (unpaired) electrons. The maximum atomic E-state index is 12.5. The van der Waals surface area contributed by atoms with Crippen molar-refractivity contribution >= 4 is 5.91 Å². The smallest absolute Gasteiger partial charge is 0.237 e. The van der Waals surface area contributed by atoms with Crippen LogP contribution < -0.4 is 0 Å². The summed E-state index contributed by atoms with van der Waals surface area (Å²) in [5.41, 5.74) is 0. The van der Waals surface area contributed by atoms with Gasteiger partial charge in [0.05, 0.1) is 13.2 Å². The van der Waals surface area contributed by atoms with E-state index in [1.54, 1.807) is 0 Å². The molecule has 112 valence electrons. The van der Waals surface area contributed by atoms with E-state index >= 15 is 0 Å². The van der Waals surface area contributed by atoms with E-state index in [9.17, 15) is 4.79 Å². The van der Waals surface area contributed by atoms with Gasteiger partial charge in [0.1, 0.15) is 0 Å². The summed E-state index contributed by atoms with van der Waals surface area (Å²) in [7, 11) is 0. The zero-order valence-corrected chi connectivity index (χ0v) is 12.8. The van der Waals surface area contributed by atoms with Crippen molar-refractivity contribution in [2.45, 2.75) is 65.0 Å². The van der Waals surface area contributed by atoms with Gasteiger partial charge in [0, 0.05) is 18.6 Å². The molecule has 0 bridgehead atoms. The molecule has 1 rings (SSSR count). The number of rotatable bonds is 7. The van der Waals surface area contributed by atoms with Gasteiger partial charge < -0.3 is 10.0 Å². The van der Waals surface area contributed by atoms with Gasteiger partial charge in [-0.3, -0.25) is 9.69 Å². The molecule has 0 spiro atoms. The minimum absolute atomic E-state index is 0.127. The van der Waals surface area contributed by atoms with E-state index in [-0.39, 0.29) is 12.5 Å². The van der Waals surface area contributed by atoms with Gasteiger partial charge in [-0.1, -0.05) is 13.3 Å². The van der Waals surface area contributed by atoms with Crippen molar-refractivity contribution in [3.63, 3.8) is 0 Å². The lowest BCUT2D eigenvalue weighted by Gasteiger charge is -2.40. The number of unbranched alkanes of at least 4 members (excludes halogenated alkanes) is 1. The van der Waals surface area contributed by atoms with Gasteiger partial charge in [-0.15, -0.1) is 0 Å². The number of piperidine rings is 1. The van der Waals surface area contributed by atoms with Gasteiger partial charge in [0.25, 0.3) is 0 Å². The van der Waals surface area contributed by atoms with Crippen LogP contribution in [-0.2, 0) is 4.79 Å². The van der Waals surface area contributed by atoms with Crippen LogP contribution in [0.15, 0.2) is 0 Å². The summed E-state index contributed by atoms with van der Waals surface area (Å²) in [6.45, 7) is 8.53. The number of hydrogen-bond donors (Lipinski definition) is 1. The van der Waals surface area contributed by atoms with Crippen LogP contribution >= 0.6 is 0 Å². The predicted octanol–water partition coefficient (Wildman–Crippen LogP) is 1.87. The summed E-state index contributed by atoms with van der Waals surface area (Å²) in [5, 5.41) is 9.10. The highest BCUT2D eigenvalue weighted by molar-refractivity contribution is 5.79. The number of carbonyl (C=O) groups is 1. The first-order chi connectivity index (χ1) is 9.10. The fourth-order valence-electron chi connectivity index (χ4n) is 2.98. The molecule has 0 unspecified atom stereocenters. The van der Waals surface area contributed by atoms with Gasteiger partial charge in [-0.05, 0) is 46.1 Å². The molecule has 4 heteroatoms. The van der Waals surface area contributed by atoms with Crippen LogP contribution in [0.4, 0.5) is 0 Å². The second-order valence-electron chi connectivity index (χ2n) is 5.78. The van der Waals surface area contributed by atoms with Gasteiger partial charge in [0.15, 0.2) is 0 Å². The molecular weight excluding hydrogens is 240 g/mol. The largest absolute Gasteiger partial charge is 0.395 e. The van der Waals surface area contributed by atoms with Gasteiger partial charge in [-0.25, -0.2) is 0 Å². The van der Waals surface area contributed by atoms with Crippen molar-refractivity contribution in [1.82, 2.24) is 9.80 Å². The molecule has 1 aliphatic heterocycles. The SMILES string of the molecule is CCCCN(CCO)CC(=O)N1[C@H](C)CCC[C@H]1C. The van der Waals surface area contributed by atoms with Crippen molar-refractivity contribution in [1.29, 1.82) is 0 Å². The van der Waals surface area contributed by atoms with Gasteiger partial charge >= 0.3 is 0 Å². The van der Waals surface area contributed by atoms with E-state index in [0.29, 0.717) is 25.2 Å². The third-order valence-electron chi connectivity index (χ3n) is 4.08. The molecule has 1 fully saturated rings. The molecule has 4 nitrogen and oxygen atoms in total. The monoisotopic (exact) mass is 270 g/mol. The molecule has 0 aromatic rings. The van der Waals surface area contributed by atoms with E-state index in [1.807, 2.05) is 0 Å². The van der Waals surface area contributed by atoms with Crippen LogP contribution in [0.5, 0.6) is 0 Å². The lowest BCUT2D eigenvalue weighted by Crippen LogP contribution is -2.51. The normalized spacial score (nSPS) is 23.9. The van der Waals surface area contributed by atoms with Crippen LogP contribution in [0.2, 0.25) is 0 Å². The Bertz CT molecular complexity index is 261. The van der Waals surface area contributed by atoms with Crippen LogP contribution in [-0.4, -0.2) is 59.1 Å². The Labute approximate surface area is 117 Å². The molecule has 2 atom stereocenters. The fraction of sp³-hybridized carbons (Fsp3) is 0.933. The first kappa shape index (κ1) is 16.4. The van der Waals surface area contributed by atoms with Crippen molar-refractivity contribution in [2.24, 2.45) is 0 Å². The van der Waals surface area contributed by atoms with Crippen molar-refractivity contribution in [3.05, 3.63) is 0 Å². The number of hydrogen-bond acceptors (Lipinski definition) is 3. The lowest BCUT2D eigenvalue weighted by molar-refractivity contribution is -0.138. The average molecular weight is 270 g/mol. The number of nitrogens with zero attached hydrogens (tertiary/aromatic N) is 2. The number of likely N-dealkylation sites (tertiary alicyclic amines) is 1. The molecule has 0 saturated carbocycles. The van der Waals surface area contributed by atoms with Crippen LogP contribution in [0.3, 0.4) is 0 Å². The first-order valence-corrected chi connectivity index (χ1v) is 7.74. The van der Waals surface area contributed by atoms with E-state index < -0.39 is 0 Å². The summed E-state index contributed by atoms with van der Waals surface area (Å²) in [5.74, 6) is 0.226. The van der Waals surface area contributed by atoms with Crippen LogP contribution in [0, 0.1) is 0 Å². The Balaban J connectivity index is 2.53. The predicted molar refractivity (Wildman–Crippen MR) is 78.1 cm³/mol. The molecule has 1 N–H and O–H groups in total. The van der Waals surface area contributed by atoms with Gasteiger partial charge in [-0.2, -0.15) is 0 Å². The summed E-state index contributed by atoms with van der Waals surface area (Å²) < 4.78 is 0. The van der Waals surface area contributed by atoms with Crippen LogP contribution in [0.25, 0.3) is 0 Å². The zero-order valence-electron chi connectivity index (χ0n) is 12.8. The Hall–Kier alpha value is -0.610. The molecule has 0 aliphatic carbocycles. The van der Waals surface area contributed by atoms with Crippen molar-refractivity contribution < 1.29 is 9.90 Å². The topological polar surface area (TPSA) is 43.8 Å². The molecule has 1 amide bonds. The van der Waals surface area contributed by atoms with E-state index in [4.69, 9.17) is 5.11 Å². The highest BCUT2D eigenvalue weighted by Gasteiger charge is 2.29. The number of amides is 1. The molecule has 1 heterocycles. The Morgan fingerprint density at radius 2 is 1.89 bits per heavy atom. The lowest BCUT2D eigenvalue weighted by atomic mass is 9.97. The second-order valence-corrected chi connectivity index (χ2v) is 5.78. The third kappa shape index (κ3) is 5.11. The Morgan fingerprint density at radius 1 is 1.26 bits per heavy atom. The second kappa shape index (κ2) is 8.54. The Kier molecular flexibility index (Phi) is 7.39. The molecule has 1 saturated heterocycles. The Morgan fingerprint density at radius 3 is 2.42 bits per heavy atom. The van der Waals surface area contributed by atoms with E-state index in [1.165, 1.54) is 6.42 Å². The third-order valence-corrected chi connectivity index (χ3v) is 4.08. The first-order valence-electron chi connectivity index (χ1n) is 7.74. The molecule has 1 aliphatic rings. The maximum absolute atomic E-state index is 12.5. The molecule has 0 aromatic heterocycles. The van der Waals surface area contributed by atoms with E-state index in [2.05, 4.69) is 30.6 Å². The highest BCUT2D eigenvalue weighted by Crippen LogP contribution is 2.22. The van der Waals surface area contributed by atoms with Crippen molar-refractivity contribution in [3.8, 4) is 0 Å². The van der Waals surface area contributed by atoms with Crippen molar-refractivity contribution in [2.75, 3.05) is 26.2 Å². The van der Waals surface area contributed by atoms with Gasteiger partial charge in [0.2, 0.25) is 5.91 Å². The molecule has 19 heavy (non-hydrogen) atoms. The van der Waals surface area contributed by atoms with Crippen LogP contribution in [0.1, 0.15) is 52.9 Å². The summed E-state index contributed by atoms with van der Waals surface area (Å²) in [6, 6.07) is 0.719. The minimum Gasteiger partial charge on any atom is -0.395 e. The standard InChI is InChI=1S/C15H30N2O2/c1-4-5-9-16(10-11-18)12-15(19)17-13(2)7-6-8-14(17)3/h13-14,18H,4-12H2,1-3H3/t13-,14-/m1/s1. The number of aliphatic hydroxyl groups excluding tert-OH is 1.